The number of halogens is 2. The summed E-state index contributed by atoms with van der Waals surface area (Å²) in [5.41, 5.74) is 0.447. The Morgan fingerprint density at radius 2 is 1.81 bits per heavy atom. The van der Waals surface area contributed by atoms with E-state index in [1.807, 2.05) is 13.8 Å². The van der Waals surface area contributed by atoms with Crippen LogP contribution in [0.2, 0.25) is 0 Å². The van der Waals surface area contributed by atoms with Crippen molar-refractivity contribution in [2.24, 2.45) is 0 Å². The van der Waals surface area contributed by atoms with E-state index in [0.717, 1.165) is 0 Å². The fourth-order valence-electron chi connectivity index (χ4n) is 1.71. The lowest BCUT2D eigenvalue weighted by Crippen LogP contribution is -2.10. The summed E-state index contributed by atoms with van der Waals surface area (Å²) in [6.45, 7) is 3.96. The smallest absolute Gasteiger partial charge is 0.261 e. The maximum atomic E-state index is 12.0. The van der Waals surface area contributed by atoms with Gasteiger partial charge in [0, 0.05) is 12.0 Å². The molecule has 1 aromatic rings. The third-order valence-corrected chi connectivity index (χ3v) is 2.58. The Bertz CT molecular complexity index is 449. The van der Waals surface area contributed by atoms with Gasteiger partial charge in [0.25, 0.3) is 6.43 Å². The standard InChI is InChI=1S/C15H20F2O4/c1-3-20-13-6-5-11(9-14(13)21-4-2)12(18)7-8-19-10-15(16)17/h5-6,9,15H,3-4,7-8,10H2,1-2H3. The third-order valence-electron chi connectivity index (χ3n) is 2.58. The molecule has 1 rings (SSSR count). The topological polar surface area (TPSA) is 44.8 Å². The van der Waals surface area contributed by atoms with Crippen molar-refractivity contribution >= 4 is 5.78 Å². The van der Waals surface area contributed by atoms with Gasteiger partial charge in [-0.15, -0.1) is 0 Å². The van der Waals surface area contributed by atoms with Crippen LogP contribution in [0.4, 0.5) is 8.78 Å². The maximum absolute atomic E-state index is 12.0. The lowest BCUT2D eigenvalue weighted by molar-refractivity contribution is 0.0170. The summed E-state index contributed by atoms with van der Waals surface area (Å²) in [6.07, 6.45) is -2.47. The van der Waals surface area contributed by atoms with Crippen molar-refractivity contribution in [3.63, 3.8) is 0 Å². The van der Waals surface area contributed by atoms with Crippen molar-refractivity contribution in [2.45, 2.75) is 26.7 Å². The Morgan fingerprint density at radius 3 is 2.43 bits per heavy atom. The predicted molar refractivity (Wildman–Crippen MR) is 74.6 cm³/mol. The van der Waals surface area contributed by atoms with E-state index in [2.05, 4.69) is 0 Å². The zero-order valence-corrected chi connectivity index (χ0v) is 12.2. The third kappa shape index (κ3) is 6.08. The average molecular weight is 302 g/mol. The summed E-state index contributed by atoms with van der Waals surface area (Å²) >= 11 is 0. The molecule has 1 aromatic carbocycles. The number of ketones is 1. The molecule has 0 bridgehead atoms. The van der Waals surface area contributed by atoms with E-state index in [4.69, 9.17) is 14.2 Å². The van der Waals surface area contributed by atoms with E-state index < -0.39 is 13.0 Å². The van der Waals surface area contributed by atoms with Crippen molar-refractivity contribution in [3.8, 4) is 11.5 Å². The minimum atomic E-state index is -2.52. The van der Waals surface area contributed by atoms with E-state index in [1.165, 1.54) is 0 Å². The fourth-order valence-corrected chi connectivity index (χ4v) is 1.71. The Hall–Kier alpha value is -1.69. The summed E-state index contributed by atoms with van der Waals surface area (Å²) in [5, 5.41) is 0. The molecule has 21 heavy (non-hydrogen) atoms. The molecule has 0 radical (unpaired) electrons. The van der Waals surface area contributed by atoms with Gasteiger partial charge in [0.2, 0.25) is 0 Å². The minimum absolute atomic E-state index is 0.0274. The number of hydrogen-bond acceptors (Lipinski definition) is 4. The second kappa shape index (κ2) is 9.28. The Morgan fingerprint density at radius 1 is 1.14 bits per heavy atom. The second-order valence-corrected chi connectivity index (χ2v) is 4.17. The Kier molecular flexibility index (Phi) is 7.68. The van der Waals surface area contributed by atoms with Crippen LogP contribution in [-0.2, 0) is 4.74 Å². The highest BCUT2D eigenvalue weighted by molar-refractivity contribution is 5.96. The molecule has 4 nitrogen and oxygen atoms in total. The number of rotatable bonds is 10. The quantitative estimate of drug-likeness (QED) is 0.491. The molecule has 0 spiro atoms. The number of hydrogen-bond donors (Lipinski definition) is 0. The minimum Gasteiger partial charge on any atom is -0.490 e. The van der Waals surface area contributed by atoms with Crippen molar-refractivity contribution in [1.82, 2.24) is 0 Å². The largest absolute Gasteiger partial charge is 0.490 e. The molecule has 0 atom stereocenters. The first kappa shape index (κ1) is 17.4. The summed E-state index contributed by atoms with van der Waals surface area (Å²) < 4.78 is 39.3. The van der Waals surface area contributed by atoms with Crippen LogP contribution in [0.15, 0.2) is 18.2 Å². The molecule has 0 aliphatic carbocycles. The van der Waals surface area contributed by atoms with Gasteiger partial charge >= 0.3 is 0 Å². The molecular formula is C15H20F2O4. The number of carbonyl (C=O) groups excluding carboxylic acids is 1. The molecule has 6 heteroatoms. The molecular weight excluding hydrogens is 282 g/mol. The summed E-state index contributed by atoms with van der Waals surface area (Å²) in [5.74, 6) is 0.886. The summed E-state index contributed by atoms with van der Waals surface area (Å²) in [4.78, 5) is 12.0. The van der Waals surface area contributed by atoms with Crippen LogP contribution in [0, 0.1) is 0 Å². The van der Waals surface area contributed by atoms with Crippen molar-refractivity contribution in [1.29, 1.82) is 0 Å². The highest BCUT2D eigenvalue weighted by Gasteiger charge is 2.12. The molecule has 0 heterocycles. The van der Waals surface area contributed by atoms with Gasteiger partial charge < -0.3 is 14.2 Å². The summed E-state index contributed by atoms with van der Waals surface area (Å²) in [7, 11) is 0. The second-order valence-electron chi connectivity index (χ2n) is 4.17. The molecule has 0 aliphatic rings. The lowest BCUT2D eigenvalue weighted by Gasteiger charge is -2.12. The van der Waals surface area contributed by atoms with Crippen LogP contribution in [0.25, 0.3) is 0 Å². The zero-order chi connectivity index (χ0) is 15.7. The van der Waals surface area contributed by atoms with E-state index in [1.54, 1.807) is 18.2 Å². The molecule has 0 saturated heterocycles. The van der Waals surface area contributed by atoms with Crippen molar-refractivity contribution < 1.29 is 27.8 Å². The normalized spacial score (nSPS) is 10.7. The lowest BCUT2D eigenvalue weighted by atomic mass is 10.1. The Labute approximate surface area is 123 Å². The number of ether oxygens (including phenoxy) is 3. The highest BCUT2D eigenvalue weighted by Crippen LogP contribution is 2.29. The van der Waals surface area contributed by atoms with Gasteiger partial charge in [-0.3, -0.25) is 4.79 Å². The number of alkyl halides is 2. The van der Waals surface area contributed by atoms with E-state index in [-0.39, 0.29) is 18.8 Å². The highest BCUT2D eigenvalue weighted by atomic mass is 19.3. The molecule has 0 fully saturated rings. The maximum Gasteiger partial charge on any atom is 0.261 e. The SMILES string of the molecule is CCOc1ccc(C(=O)CCOCC(F)F)cc1OCC. The first-order valence-electron chi connectivity index (χ1n) is 6.87. The van der Waals surface area contributed by atoms with Crippen LogP contribution in [0.1, 0.15) is 30.6 Å². The van der Waals surface area contributed by atoms with Crippen LogP contribution in [0.5, 0.6) is 11.5 Å². The van der Waals surface area contributed by atoms with Gasteiger partial charge in [0.1, 0.15) is 6.61 Å². The first-order chi connectivity index (χ1) is 10.1. The van der Waals surface area contributed by atoms with Gasteiger partial charge in [0.05, 0.1) is 19.8 Å². The zero-order valence-electron chi connectivity index (χ0n) is 12.2. The Balaban J connectivity index is 2.64. The van der Waals surface area contributed by atoms with Crippen LogP contribution < -0.4 is 9.47 Å². The van der Waals surface area contributed by atoms with Gasteiger partial charge in [-0.05, 0) is 32.0 Å². The number of Topliss-reactive ketones (excluding diaryl/α,β-unsaturated/α-hetero) is 1. The molecule has 0 unspecified atom stereocenters. The van der Waals surface area contributed by atoms with E-state index >= 15 is 0 Å². The number of benzene rings is 1. The van der Waals surface area contributed by atoms with Crippen molar-refractivity contribution in [2.75, 3.05) is 26.4 Å². The van der Waals surface area contributed by atoms with E-state index in [9.17, 15) is 13.6 Å². The van der Waals surface area contributed by atoms with Gasteiger partial charge in [0.15, 0.2) is 17.3 Å². The molecule has 0 amide bonds. The van der Waals surface area contributed by atoms with Crippen LogP contribution in [0.3, 0.4) is 0 Å². The fraction of sp³-hybridized carbons (Fsp3) is 0.533. The van der Waals surface area contributed by atoms with Gasteiger partial charge in [-0.25, -0.2) is 8.78 Å². The van der Waals surface area contributed by atoms with Gasteiger partial charge in [-0.1, -0.05) is 0 Å². The summed E-state index contributed by atoms with van der Waals surface area (Å²) in [6, 6.07) is 4.90. The molecule has 0 aliphatic heterocycles. The molecule has 0 N–H and O–H groups in total. The molecule has 0 saturated carbocycles. The van der Waals surface area contributed by atoms with Crippen molar-refractivity contribution in [3.05, 3.63) is 23.8 Å². The van der Waals surface area contributed by atoms with Crippen LogP contribution >= 0.6 is 0 Å². The van der Waals surface area contributed by atoms with Crippen LogP contribution in [-0.4, -0.2) is 38.6 Å². The van der Waals surface area contributed by atoms with Gasteiger partial charge in [-0.2, -0.15) is 0 Å². The molecule has 0 aromatic heterocycles. The van der Waals surface area contributed by atoms with E-state index in [0.29, 0.717) is 30.3 Å². The average Bonchev–Trinajstić information content (AvgIpc) is 2.45. The number of carbonyl (C=O) groups is 1. The molecule has 118 valence electrons. The first-order valence-corrected chi connectivity index (χ1v) is 6.87. The monoisotopic (exact) mass is 302 g/mol. The predicted octanol–water partition coefficient (Wildman–Crippen LogP) is 3.34.